The van der Waals surface area contributed by atoms with Gasteiger partial charge in [-0.2, -0.15) is 0 Å². The molecule has 0 aliphatic heterocycles. The summed E-state index contributed by atoms with van der Waals surface area (Å²) in [6, 6.07) is 14.9. The van der Waals surface area contributed by atoms with Crippen LogP contribution in [0, 0.1) is 0 Å². The summed E-state index contributed by atoms with van der Waals surface area (Å²) < 4.78 is 11.4. The van der Waals surface area contributed by atoms with Crippen LogP contribution in [0.3, 0.4) is 0 Å². The van der Waals surface area contributed by atoms with Gasteiger partial charge in [0.25, 0.3) is 0 Å². The lowest BCUT2D eigenvalue weighted by molar-refractivity contribution is -0.114. The van der Waals surface area contributed by atoms with E-state index in [1.807, 2.05) is 69.3 Å². The number of carbonyl (C=O) groups is 1. The van der Waals surface area contributed by atoms with Gasteiger partial charge in [-0.15, -0.1) is 0 Å². The molecule has 2 aromatic carbocycles. The van der Waals surface area contributed by atoms with Crippen molar-refractivity contribution in [3.05, 3.63) is 60.7 Å². The summed E-state index contributed by atoms with van der Waals surface area (Å²) in [7, 11) is 0. The second-order valence-electron chi connectivity index (χ2n) is 6.31. The second kappa shape index (κ2) is 9.51. The van der Waals surface area contributed by atoms with E-state index >= 15 is 0 Å². The van der Waals surface area contributed by atoms with Crippen molar-refractivity contribution in [1.82, 2.24) is 0 Å². The van der Waals surface area contributed by atoms with Gasteiger partial charge in [-0.3, -0.25) is 4.79 Å². The van der Waals surface area contributed by atoms with Crippen molar-refractivity contribution >= 4 is 17.3 Å². The summed E-state index contributed by atoms with van der Waals surface area (Å²) in [5, 5.41) is 5.98. The van der Waals surface area contributed by atoms with Gasteiger partial charge in [-0.1, -0.05) is 30.8 Å². The number of anilines is 2. The van der Waals surface area contributed by atoms with Gasteiger partial charge < -0.3 is 20.1 Å². The minimum atomic E-state index is -0.167. The molecule has 0 saturated carbocycles. The normalized spacial score (nSPS) is 10.3. The van der Waals surface area contributed by atoms with Gasteiger partial charge in [0.2, 0.25) is 5.91 Å². The third-order valence-electron chi connectivity index (χ3n) is 3.32. The van der Waals surface area contributed by atoms with Gasteiger partial charge in [0.1, 0.15) is 18.1 Å². The van der Waals surface area contributed by atoms with Crippen LogP contribution in [0.25, 0.3) is 0 Å². The van der Waals surface area contributed by atoms with Crippen LogP contribution >= 0.6 is 0 Å². The Hall–Kier alpha value is -2.95. The second-order valence-corrected chi connectivity index (χ2v) is 6.31. The SMILES string of the molecule is C=C(C)COc1ccccc1NCC(=O)Nc1ccccc1OC(C)C. The van der Waals surface area contributed by atoms with Crippen LogP contribution in [0.15, 0.2) is 60.7 Å². The van der Waals surface area contributed by atoms with E-state index in [2.05, 4.69) is 17.2 Å². The quantitative estimate of drug-likeness (QED) is 0.652. The molecular weight excluding hydrogens is 328 g/mol. The number of ether oxygens (including phenoxy) is 2. The molecule has 2 rings (SSSR count). The molecule has 0 saturated heterocycles. The predicted molar refractivity (Wildman–Crippen MR) is 106 cm³/mol. The third-order valence-corrected chi connectivity index (χ3v) is 3.32. The Labute approximate surface area is 155 Å². The first kappa shape index (κ1) is 19.4. The Morgan fingerprint density at radius 2 is 1.65 bits per heavy atom. The molecule has 0 aromatic heterocycles. The predicted octanol–water partition coefficient (Wildman–Crippen LogP) is 4.48. The summed E-state index contributed by atoms with van der Waals surface area (Å²) in [5.74, 6) is 1.17. The zero-order chi connectivity index (χ0) is 18.9. The van der Waals surface area contributed by atoms with E-state index < -0.39 is 0 Å². The van der Waals surface area contributed by atoms with Crippen LogP contribution in [-0.2, 0) is 4.79 Å². The van der Waals surface area contributed by atoms with E-state index in [-0.39, 0.29) is 18.6 Å². The van der Waals surface area contributed by atoms with Crippen LogP contribution < -0.4 is 20.1 Å². The topological polar surface area (TPSA) is 59.6 Å². The fourth-order valence-corrected chi connectivity index (χ4v) is 2.24. The Kier molecular flexibility index (Phi) is 7.09. The largest absolute Gasteiger partial charge is 0.489 e. The minimum absolute atomic E-state index is 0.0310. The third kappa shape index (κ3) is 6.16. The van der Waals surface area contributed by atoms with Crippen molar-refractivity contribution in [3.8, 4) is 11.5 Å². The van der Waals surface area contributed by atoms with Crippen molar-refractivity contribution in [3.63, 3.8) is 0 Å². The number of para-hydroxylation sites is 4. The van der Waals surface area contributed by atoms with Gasteiger partial charge in [-0.05, 0) is 50.6 Å². The molecule has 138 valence electrons. The lowest BCUT2D eigenvalue weighted by Gasteiger charge is -2.16. The Bertz CT molecular complexity index is 756. The molecule has 0 atom stereocenters. The number of nitrogens with one attached hydrogen (secondary N) is 2. The summed E-state index contributed by atoms with van der Waals surface area (Å²) in [6.45, 7) is 10.2. The first-order valence-electron chi connectivity index (χ1n) is 8.61. The van der Waals surface area contributed by atoms with Crippen molar-refractivity contribution in [2.24, 2.45) is 0 Å². The fraction of sp³-hybridized carbons (Fsp3) is 0.286. The molecule has 2 aromatic rings. The molecule has 0 heterocycles. The Balaban J connectivity index is 1.97. The zero-order valence-electron chi connectivity index (χ0n) is 15.5. The van der Waals surface area contributed by atoms with E-state index in [4.69, 9.17) is 9.47 Å². The molecule has 0 bridgehead atoms. The van der Waals surface area contributed by atoms with Gasteiger partial charge in [-0.25, -0.2) is 0 Å². The van der Waals surface area contributed by atoms with Crippen molar-refractivity contribution in [2.75, 3.05) is 23.8 Å². The molecule has 2 N–H and O–H groups in total. The fourth-order valence-electron chi connectivity index (χ4n) is 2.24. The molecule has 0 aliphatic rings. The molecule has 0 fully saturated rings. The van der Waals surface area contributed by atoms with E-state index in [1.165, 1.54) is 0 Å². The minimum Gasteiger partial charge on any atom is -0.489 e. The highest BCUT2D eigenvalue weighted by molar-refractivity contribution is 5.95. The average Bonchev–Trinajstić information content (AvgIpc) is 2.60. The lowest BCUT2D eigenvalue weighted by atomic mass is 10.2. The summed E-state index contributed by atoms with van der Waals surface area (Å²) in [5.41, 5.74) is 2.34. The van der Waals surface area contributed by atoms with E-state index in [1.54, 1.807) is 0 Å². The number of benzene rings is 2. The molecule has 5 heteroatoms. The van der Waals surface area contributed by atoms with E-state index in [9.17, 15) is 4.79 Å². The lowest BCUT2D eigenvalue weighted by Crippen LogP contribution is -2.22. The highest BCUT2D eigenvalue weighted by Crippen LogP contribution is 2.26. The van der Waals surface area contributed by atoms with Crippen LogP contribution in [-0.4, -0.2) is 25.2 Å². The molecule has 0 aliphatic carbocycles. The summed E-state index contributed by atoms with van der Waals surface area (Å²) >= 11 is 0. The smallest absolute Gasteiger partial charge is 0.243 e. The first-order valence-corrected chi connectivity index (χ1v) is 8.61. The van der Waals surface area contributed by atoms with Crippen LogP contribution in [0.5, 0.6) is 11.5 Å². The highest BCUT2D eigenvalue weighted by atomic mass is 16.5. The maximum Gasteiger partial charge on any atom is 0.243 e. The van der Waals surface area contributed by atoms with Gasteiger partial charge in [0.15, 0.2) is 0 Å². The maximum absolute atomic E-state index is 12.3. The first-order chi connectivity index (χ1) is 12.5. The summed E-state index contributed by atoms with van der Waals surface area (Å²) in [6.07, 6.45) is 0.0310. The van der Waals surface area contributed by atoms with Crippen LogP contribution in [0.1, 0.15) is 20.8 Å². The number of hydrogen-bond donors (Lipinski definition) is 2. The van der Waals surface area contributed by atoms with Crippen molar-refractivity contribution < 1.29 is 14.3 Å². The number of rotatable bonds is 9. The molecular formula is C21H26N2O3. The number of carbonyl (C=O) groups excluding carboxylic acids is 1. The van der Waals surface area contributed by atoms with Gasteiger partial charge >= 0.3 is 0 Å². The molecule has 0 unspecified atom stereocenters. The van der Waals surface area contributed by atoms with Crippen LogP contribution in [0.2, 0.25) is 0 Å². The molecule has 1 amide bonds. The monoisotopic (exact) mass is 354 g/mol. The highest BCUT2D eigenvalue weighted by Gasteiger charge is 2.10. The van der Waals surface area contributed by atoms with Gasteiger partial charge in [0, 0.05) is 0 Å². The maximum atomic E-state index is 12.3. The molecule has 5 nitrogen and oxygen atoms in total. The van der Waals surface area contributed by atoms with E-state index in [0.717, 1.165) is 11.3 Å². The van der Waals surface area contributed by atoms with E-state index in [0.29, 0.717) is 23.8 Å². The number of amides is 1. The average molecular weight is 354 g/mol. The Morgan fingerprint density at radius 3 is 2.31 bits per heavy atom. The van der Waals surface area contributed by atoms with Crippen molar-refractivity contribution in [1.29, 1.82) is 0 Å². The standard InChI is InChI=1S/C21H26N2O3/c1-15(2)14-25-19-11-7-5-9-17(19)22-13-21(24)23-18-10-6-8-12-20(18)26-16(3)4/h5-12,16,22H,1,13-14H2,2-4H3,(H,23,24). The molecule has 26 heavy (non-hydrogen) atoms. The molecule has 0 spiro atoms. The zero-order valence-corrected chi connectivity index (χ0v) is 15.5. The van der Waals surface area contributed by atoms with Crippen LogP contribution in [0.4, 0.5) is 11.4 Å². The van der Waals surface area contributed by atoms with Crippen molar-refractivity contribution in [2.45, 2.75) is 26.9 Å². The Morgan fingerprint density at radius 1 is 1.04 bits per heavy atom. The number of hydrogen-bond acceptors (Lipinski definition) is 4. The van der Waals surface area contributed by atoms with Gasteiger partial charge in [0.05, 0.1) is 24.0 Å². The summed E-state index contributed by atoms with van der Waals surface area (Å²) in [4.78, 5) is 12.3. The molecule has 0 radical (unpaired) electrons.